The van der Waals surface area contributed by atoms with Crippen molar-refractivity contribution in [1.29, 1.82) is 0 Å². The van der Waals surface area contributed by atoms with Crippen molar-refractivity contribution in [2.75, 3.05) is 7.11 Å². The zero-order chi connectivity index (χ0) is 7.40. The molecule has 1 aromatic rings. The molecule has 2 nitrogen and oxygen atoms in total. The quantitative estimate of drug-likeness (QED) is 0.668. The minimum Gasteiger partial charge on any atom is -0.497 e. The van der Waals surface area contributed by atoms with Gasteiger partial charge in [-0.05, 0) is 17.7 Å². The second-order valence-electron chi connectivity index (χ2n) is 2.01. The van der Waals surface area contributed by atoms with Gasteiger partial charge < -0.3 is 9.84 Å². The van der Waals surface area contributed by atoms with Crippen molar-refractivity contribution in [2.24, 2.45) is 0 Å². The van der Waals surface area contributed by atoms with Crippen molar-refractivity contribution in [3.8, 4) is 5.75 Å². The molecule has 10 heavy (non-hydrogen) atoms. The summed E-state index contributed by atoms with van der Waals surface area (Å²) < 4.78 is 4.93. The molecule has 0 unspecified atom stereocenters. The zero-order valence-electron chi connectivity index (χ0n) is 5.87. The van der Waals surface area contributed by atoms with Crippen LogP contribution < -0.4 is 4.74 Å². The lowest BCUT2D eigenvalue weighted by Gasteiger charge is -1.98. The van der Waals surface area contributed by atoms with E-state index in [2.05, 4.69) is 0 Å². The molecule has 0 aliphatic heterocycles. The van der Waals surface area contributed by atoms with Crippen molar-refractivity contribution in [3.05, 3.63) is 29.8 Å². The fourth-order valence-corrected chi connectivity index (χ4v) is 0.731. The predicted molar refractivity (Wildman–Crippen MR) is 38.9 cm³/mol. The lowest BCUT2D eigenvalue weighted by molar-refractivity contribution is 0.281. The van der Waals surface area contributed by atoms with Crippen LogP contribution in [0.15, 0.2) is 24.3 Å². The van der Waals surface area contributed by atoms with E-state index in [1.54, 1.807) is 7.11 Å². The normalized spacial score (nSPS) is 9.40. The van der Waals surface area contributed by atoms with E-state index in [1.165, 1.54) is 0 Å². The first-order valence-electron chi connectivity index (χ1n) is 3.10. The highest BCUT2D eigenvalue weighted by atomic mass is 16.5. The molecule has 0 aromatic heterocycles. The predicted octanol–water partition coefficient (Wildman–Crippen LogP) is 1.19. The summed E-state index contributed by atoms with van der Waals surface area (Å²) >= 11 is 0. The Morgan fingerprint density at radius 3 is 2.30 bits per heavy atom. The van der Waals surface area contributed by atoms with E-state index in [9.17, 15) is 0 Å². The van der Waals surface area contributed by atoms with Gasteiger partial charge in [0.2, 0.25) is 0 Å². The monoisotopic (exact) mass is 140 g/mol. The number of ether oxygens (including phenoxy) is 1. The maximum absolute atomic E-state index is 8.66. The Morgan fingerprint density at radius 1 is 1.30 bits per heavy atom. The maximum atomic E-state index is 8.66. The van der Waals surface area contributed by atoms with Crippen molar-refractivity contribution in [2.45, 2.75) is 6.61 Å². The largest absolute Gasteiger partial charge is 0.497 e. The molecule has 0 fully saturated rings. The summed E-state index contributed by atoms with van der Waals surface area (Å²) in [6, 6.07) is 7.31. The SMILES string of the molecule is COc1ccc([14CH2]O)cc1. The Kier molecular flexibility index (Phi) is 2.29. The lowest BCUT2D eigenvalue weighted by Crippen LogP contribution is -1.84. The Bertz CT molecular complexity index is 168. The number of methoxy groups -OCH3 is 1. The molecule has 0 bridgehead atoms. The van der Waals surface area contributed by atoms with Gasteiger partial charge in [-0.3, -0.25) is 0 Å². The smallest absolute Gasteiger partial charge is 0.118 e. The van der Waals surface area contributed by atoms with Gasteiger partial charge in [0, 0.05) is 0 Å². The van der Waals surface area contributed by atoms with Gasteiger partial charge in [-0.1, -0.05) is 12.1 Å². The first-order valence-corrected chi connectivity index (χ1v) is 3.10. The van der Waals surface area contributed by atoms with Gasteiger partial charge >= 0.3 is 0 Å². The molecule has 1 N–H and O–H groups in total. The Labute approximate surface area is 60.1 Å². The van der Waals surface area contributed by atoms with Crippen LogP contribution in [0.1, 0.15) is 5.56 Å². The summed E-state index contributed by atoms with van der Waals surface area (Å²) in [4.78, 5) is 0. The highest BCUT2D eigenvalue weighted by molar-refractivity contribution is 5.26. The molecule has 0 spiro atoms. The molecule has 0 atom stereocenters. The van der Waals surface area contributed by atoms with Crippen LogP contribution in [0, 0.1) is 0 Å². The lowest BCUT2D eigenvalue weighted by atomic mass is 10.3. The summed E-state index contributed by atoms with van der Waals surface area (Å²) in [7, 11) is 1.62. The summed E-state index contributed by atoms with van der Waals surface area (Å²) in [5.74, 6) is 0.817. The minimum absolute atomic E-state index is 0.0873. The third-order valence-corrected chi connectivity index (χ3v) is 1.34. The molecular weight excluding hydrogens is 130 g/mol. The van der Waals surface area contributed by atoms with Gasteiger partial charge in [-0.15, -0.1) is 0 Å². The van der Waals surface area contributed by atoms with E-state index in [1.807, 2.05) is 24.3 Å². The van der Waals surface area contributed by atoms with Crippen molar-refractivity contribution >= 4 is 0 Å². The van der Waals surface area contributed by atoms with Crippen molar-refractivity contribution < 1.29 is 9.84 Å². The van der Waals surface area contributed by atoms with E-state index in [0.717, 1.165) is 11.3 Å². The fourth-order valence-electron chi connectivity index (χ4n) is 0.731. The van der Waals surface area contributed by atoms with Gasteiger partial charge in [0.05, 0.1) is 13.7 Å². The molecule has 2 heteroatoms. The van der Waals surface area contributed by atoms with Crippen LogP contribution in [0.5, 0.6) is 5.75 Å². The van der Waals surface area contributed by atoms with E-state index >= 15 is 0 Å². The minimum atomic E-state index is 0.0873. The summed E-state index contributed by atoms with van der Waals surface area (Å²) in [6.45, 7) is 0.0873. The van der Waals surface area contributed by atoms with Gasteiger partial charge in [-0.2, -0.15) is 0 Å². The topological polar surface area (TPSA) is 29.5 Å². The number of aliphatic hydroxyl groups is 1. The number of benzene rings is 1. The molecule has 0 aliphatic rings. The molecule has 1 rings (SSSR count). The van der Waals surface area contributed by atoms with Gasteiger partial charge in [0.15, 0.2) is 0 Å². The molecule has 0 heterocycles. The standard InChI is InChI=1S/C8H10O2/c1-10-8-4-2-7(6-9)3-5-8/h2-5,9H,6H2,1H3/i6+2. The Balaban J connectivity index is 2.80. The zero-order valence-corrected chi connectivity index (χ0v) is 5.87. The van der Waals surface area contributed by atoms with Crippen molar-refractivity contribution in [3.63, 3.8) is 0 Å². The van der Waals surface area contributed by atoms with E-state index in [0.29, 0.717) is 0 Å². The number of hydrogen-bond acceptors (Lipinski definition) is 2. The summed E-state index contributed by atoms with van der Waals surface area (Å²) in [5.41, 5.74) is 0.904. The average molecular weight is 140 g/mol. The van der Waals surface area contributed by atoms with Crippen LogP contribution in [0.25, 0.3) is 0 Å². The molecule has 0 saturated heterocycles. The molecule has 0 radical (unpaired) electrons. The van der Waals surface area contributed by atoms with Crippen LogP contribution >= 0.6 is 0 Å². The first-order chi connectivity index (χ1) is 4.86. The molecule has 1 aromatic carbocycles. The van der Waals surface area contributed by atoms with E-state index < -0.39 is 0 Å². The molecular formula is C8H10O2. The third kappa shape index (κ3) is 1.48. The van der Waals surface area contributed by atoms with Crippen LogP contribution in [-0.4, -0.2) is 12.2 Å². The van der Waals surface area contributed by atoms with Crippen LogP contribution in [0.4, 0.5) is 0 Å². The summed E-state index contributed by atoms with van der Waals surface area (Å²) in [5, 5.41) is 8.66. The number of rotatable bonds is 2. The highest BCUT2D eigenvalue weighted by Gasteiger charge is 1.89. The maximum Gasteiger partial charge on any atom is 0.118 e. The second kappa shape index (κ2) is 3.22. The first kappa shape index (κ1) is 7.09. The Morgan fingerprint density at radius 2 is 1.90 bits per heavy atom. The molecule has 0 aliphatic carbocycles. The third-order valence-electron chi connectivity index (χ3n) is 1.34. The van der Waals surface area contributed by atoms with E-state index in [-0.39, 0.29) is 6.61 Å². The van der Waals surface area contributed by atoms with Gasteiger partial charge in [-0.25, -0.2) is 0 Å². The van der Waals surface area contributed by atoms with Crippen LogP contribution in [0.2, 0.25) is 0 Å². The van der Waals surface area contributed by atoms with Gasteiger partial charge in [0.1, 0.15) is 5.75 Å². The molecule has 54 valence electrons. The Hall–Kier alpha value is -1.02. The number of aliphatic hydroxyl groups excluding tert-OH is 1. The molecule has 0 amide bonds. The van der Waals surface area contributed by atoms with Gasteiger partial charge in [0.25, 0.3) is 0 Å². The second-order valence-corrected chi connectivity index (χ2v) is 2.01. The molecule has 0 saturated carbocycles. The van der Waals surface area contributed by atoms with Crippen LogP contribution in [-0.2, 0) is 6.61 Å². The van der Waals surface area contributed by atoms with Crippen LogP contribution in [0.3, 0.4) is 0 Å². The summed E-state index contributed by atoms with van der Waals surface area (Å²) in [6.07, 6.45) is 0. The number of hydrogen-bond donors (Lipinski definition) is 1. The fraction of sp³-hybridized carbons (Fsp3) is 0.250. The highest BCUT2D eigenvalue weighted by Crippen LogP contribution is 2.10. The van der Waals surface area contributed by atoms with E-state index in [4.69, 9.17) is 9.84 Å². The van der Waals surface area contributed by atoms with Crippen molar-refractivity contribution in [1.82, 2.24) is 0 Å². The average Bonchev–Trinajstić information content (AvgIpc) is 2.05.